The van der Waals surface area contributed by atoms with Crippen molar-refractivity contribution in [3.8, 4) is 11.5 Å². The molecule has 1 aromatic rings. The van der Waals surface area contributed by atoms with E-state index in [2.05, 4.69) is 0 Å². The van der Waals surface area contributed by atoms with Crippen molar-refractivity contribution in [1.82, 2.24) is 0 Å². The summed E-state index contributed by atoms with van der Waals surface area (Å²) >= 11 is 0. The Morgan fingerprint density at radius 3 is 2.19 bits per heavy atom. The zero-order valence-corrected chi connectivity index (χ0v) is 8.75. The van der Waals surface area contributed by atoms with Crippen LogP contribution in [0.5, 0.6) is 11.5 Å². The monoisotopic (exact) mass is 227 g/mol. The Kier molecular flexibility index (Phi) is 6.97. The Hall–Kier alpha value is -2.24. The maximum Gasteiger partial charge on any atom is 0.290 e. The number of carboxylic acid groups (broad SMARTS) is 1. The Balaban J connectivity index is 0.000000673. The molecule has 0 aliphatic carbocycles. The van der Waals surface area contributed by atoms with Crippen molar-refractivity contribution in [3.05, 3.63) is 24.3 Å². The van der Waals surface area contributed by atoms with Gasteiger partial charge in [0.2, 0.25) is 0 Å². The molecular formula is C10H13NO5. The number of amides is 1. The highest BCUT2D eigenvalue weighted by Crippen LogP contribution is 2.16. The van der Waals surface area contributed by atoms with Crippen LogP contribution in [-0.4, -0.2) is 31.2 Å². The molecule has 0 atom stereocenters. The van der Waals surface area contributed by atoms with Crippen molar-refractivity contribution in [3.63, 3.8) is 0 Å². The van der Waals surface area contributed by atoms with E-state index in [0.717, 1.165) is 5.75 Å². The number of rotatable bonds is 4. The van der Waals surface area contributed by atoms with Crippen LogP contribution in [0.15, 0.2) is 24.3 Å². The molecule has 16 heavy (non-hydrogen) atoms. The highest BCUT2D eigenvalue weighted by atomic mass is 16.5. The van der Waals surface area contributed by atoms with Crippen molar-refractivity contribution in [2.24, 2.45) is 5.73 Å². The Bertz CT molecular complexity index is 322. The fourth-order valence-electron chi connectivity index (χ4n) is 0.826. The fourth-order valence-corrected chi connectivity index (χ4v) is 0.826. The van der Waals surface area contributed by atoms with Gasteiger partial charge in [0.05, 0.1) is 7.11 Å². The molecule has 6 heteroatoms. The maximum absolute atomic E-state index is 10.4. The van der Waals surface area contributed by atoms with E-state index in [9.17, 15) is 4.79 Å². The van der Waals surface area contributed by atoms with Crippen LogP contribution >= 0.6 is 0 Å². The van der Waals surface area contributed by atoms with Crippen LogP contribution in [0.4, 0.5) is 0 Å². The first-order chi connectivity index (χ1) is 7.63. The lowest BCUT2D eigenvalue weighted by Gasteiger charge is -2.04. The van der Waals surface area contributed by atoms with Gasteiger partial charge in [-0.1, -0.05) is 0 Å². The minimum absolute atomic E-state index is 0.105. The highest BCUT2D eigenvalue weighted by Gasteiger charge is 1.97. The van der Waals surface area contributed by atoms with Crippen molar-refractivity contribution >= 4 is 12.4 Å². The Labute approximate surface area is 92.6 Å². The quantitative estimate of drug-likeness (QED) is 0.719. The van der Waals surface area contributed by atoms with Gasteiger partial charge < -0.3 is 20.3 Å². The third-order valence-corrected chi connectivity index (χ3v) is 1.44. The van der Waals surface area contributed by atoms with Crippen molar-refractivity contribution in [2.75, 3.05) is 13.7 Å². The summed E-state index contributed by atoms with van der Waals surface area (Å²) in [4.78, 5) is 18.7. The average Bonchev–Trinajstić information content (AvgIpc) is 2.28. The summed E-state index contributed by atoms with van der Waals surface area (Å²) in [5, 5.41) is 6.89. The zero-order chi connectivity index (χ0) is 12.4. The lowest BCUT2D eigenvalue weighted by Crippen LogP contribution is -2.19. The van der Waals surface area contributed by atoms with Crippen molar-refractivity contribution < 1.29 is 24.2 Å². The van der Waals surface area contributed by atoms with Crippen LogP contribution in [-0.2, 0) is 9.59 Å². The largest absolute Gasteiger partial charge is 0.497 e. The molecule has 0 radical (unpaired) electrons. The molecule has 0 saturated carbocycles. The molecule has 0 spiro atoms. The molecule has 0 aromatic heterocycles. The molecule has 0 aliphatic rings. The maximum atomic E-state index is 10.4. The van der Waals surface area contributed by atoms with Gasteiger partial charge in [-0.15, -0.1) is 0 Å². The van der Waals surface area contributed by atoms with Crippen LogP contribution < -0.4 is 15.2 Å². The van der Waals surface area contributed by atoms with Gasteiger partial charge in [-0.2, -0.15) is 0 Å². The normalized spacial score (nSPS) is 8.31. The van der Waals surface area contributed by atoms with Crippen molar-refractivity contribution in [2.45, 2.75) is 0 Å². The minimum atomic E-state index is -0.490. The van der Waals surface area contributed by atoms with E-state index in [1.165, 1.54) is 0 Å². The van der Waals surface area contributed by atoms with E-state index in [1.54, 1.807) is 31.4 Å². The second kappa shape index (κ2) is 8.10. The molecule has 0 bridgehead atoms. The van der Waals surface area contributed by atoms with E-state index in [4.69, 9.17) is 25.1 Å². The smallest absolute Gasteiger partial charge is 0.290 e. The predicted octanol–water partition coefficient (Wildman–Crippen LogP) is 0.260. The summed E-state index contributed by atoms with van der Waals surface area (Å²) in [7, 11) is 1.58. The fraction of sp³-hybridized carbons (Fsp3) is 0.200. The summed E-state index contributed by atoms with van der Waals surface area (Å²) in [6.07, 6.45) is 0. The molecule has 3 N–H and O–H groups in total. The summed E-state index contributed by atoms with van der Waals surface area (Å²) in [6, 6.07) is 6.91. The third kappa shape index (κ3) is 6.25. The van der Waals surface area contributed by atoms with Crippen LogP contribution in [0.25, 0.3) is 0 Å². The van der Waals surface area contributed by atoms with Gasteiger partial charge in [0, 0.05) is 0 Å². The number of hydrogen-bond donors (Lipinski definition) is 2. The molecule has 0 unspecified atom stereocenters. The zero-order valence-electron chi connectivity index (χ0n) is 8.75. The lowest BCUT2D eigenvalue weighted by atomic mass is 10.3. The number of ether oxygens (including phenoxy) is 2. The molecule has 1 amide bonds. The molecule has 1 aromatic carbocycles. The molecule has 6 nitrogen and oxygen atoms in total. The van der Waals surface area contributed by atoms with Gasteiger partial charge >= 0.3 is 0 Å². The standard InChI is InChI=1S/C9H11NO3.CH2O2/c1-12-7-2-4-8(5-3-7)13-6-9(10)11;2-1-3/h2-5H,6H2,1H3,(H2,10,11);1H,(H,2,3). The molecule has 88 valence electrons. The van der Waals surface area contributed by atoms with Gasteiger partial charge in [0.25, 0.3) is 12.4 Å². The number of carbonyl (C=O) groups excluding carboxylic acids is 1. The van der Waals surface area contributed by atoms with Gasteiger partial charge in [-0.3, -0.25) is 9.59 Å². The summed E-state index contributed by atoms with van der Waals surface area (Å²) in [5.74, 6) is 0.849. The summed E-state index contributed by atoms with van der Waals surface area (Å²) in [6.45, 7) is -0.355. The first-order valence-corrected chi connectivity index (χ1v) is 4.27. The third-order valence-electron chi connectivity index (χ3n) is 1.44. The van der Waals surface area contributed by atoms with Gasteiger partial charge in [-0.25, -0.2) is 0 Å². The lowest BCUT2D eigenvalue weighted by molar-refractivity contribution is -0.123. The van der Waals surface area contributed by atoms with Gasteiger partial charge in [0.1, 0.15) is 11.5 Å². The Morgan fingerprint density at radius 2 is 1.81 bits per heavy atom. The summed E-state index contributed by atoms with van der Waals surface area (Å²) < 4.78 is 9.98. The molecule has 1 rings (SSSR count). The molecular weight excluding hydrogens is 214 g/mol. The van der Waals surface area contributed by atoms with E-state index in [1.807, 2.05) is 0 Å². The average molecular weight is 227 g/mol. The predicted molar refractivity (Wildman–Crippen MR) is 56.4 cm³/mol. The number of nitrogens with two attached hydrogens (primary N) is 1. The van der Waals surface area contributed by atoms with E-state index < -0.39 is 5.91 Å². The van der Waals surface area contributed by atoms with Crippen LogP contribution in [0, 0.1) is 0 Å². The van der Waals surface area contributed by atoms with E-state index in [-0.39, 0.29) is 13.1 Å². The second-order valence-corrected chi connectivity index (χ2v) is 2.54. The topological polar surface area (TPSA) is 98.9 Å². The van der Waals surface area contributed by atoms with E-state index >= 15 is 0 Å². The van der Waals surface area contributed by atoms with Crippen molar-refractivity contribution in [1.29, 1.82) is 0 Å². The molecule has 0 fully saturated rings. The minimum Gasteiger partial charge on any atom is -0.497 e. The number of carbonyl (C=O) groups is 2. The van der Waals surface area contributed by atoms with Crippen LogP contribution in [0.1, 0.15) is 0 Å². The highest BCUT2D eigenvalue weighted by molar-refractivity contribution is 5.75. The number of benzene rings is 1. The summed E-state index contributed by atoms with van der Waals surface area (Å²) in [5.41, 5.74) is 4.91. The van der Waals surface area contributed by atoms with Crippen LogP contribution in [0.2, 0.25) is 0 Å². The number of primary amides is 1. The number of hydrogen-bond acceptors (Lipinski definition) is 4. The Morgan fingerprint density at radius 1 is 1.38 bits per heavy atom. The molecule has 0 heterocycles. The first kappa shape index (κ1) is 13.8. The number of methoxy groups -OCH3 is 1. The molecule has 0 aliphatic heterocycles. The van der Waals surface area contributed by atoms with Crippen LogP contribution in [0.3, 0.4) is 0 Å². The van der Waals surface area contributed by atoms with E-state index in [0.29, 0.717) is 5.75 Å². The molecule has 0 saturated heterocycles. The first-order valence-electron chi connectivity index (χ1n) is 4.27. The van der Waals surface area contributed by atoms with Gasteiger partial charge in [-0.05, 0) is 24.3 Å². The second-order valence-electron chi connectivity index (χ2n) is 2.54. The van der Waals surface area contributed by atoms with Gasteiger partial charge in [0.15, 0.2) is 6.61 Å². The SMILES string of the molecule is COc1ccc(OCC(N)=O)cc1.O=CO.